The Hall–Kier alpha value is -2.10. The quantitative estimate of drug-likeness (QED) is 0.449. The number of ether oxygens (including phenoxy) is 1. The van der Waals surface area contributed by atoms with E-state index >= 15 is 0 Å². The van der Waals surface area contributed by atoms with E-state index in [9.17, 15) is 4.79 Å². The predicted molar refractivity (Wildman–Crippen MR) is 115 cm³/mol. The molecule has 0 fully saturated rings. The zero-order valence-electron chi connectivity index (χ0n) is 18.6. The second-order valence-electron chi connectivity index (χ2n) is 9.38. The van der Waals surface area contributed by atoms with Crippen molar-refractivity contribution in [1.29, 1.82) is 0 Å². The van der Waals surface area contributed by atoms with Crippen LogP contribution in [0.15, 0.2) is 16.1 Å². The lowest BCUT2D eigenvalue weighted by Gasteiger charge is -2.42. The summed E-state index contributed by atoms with van der Waals surface area (Å²) in [4.78, 5) is 16.4. The lowest BCUT2D eigenvalue weighted by molar-refractivity contribution is -0.140. The molecule has 0 N–H and O–H groups in total. The number of fused-ring (bicyclic) bond motifs is 2. The average molecular weight is 396 g/mol. The van der Waals surface area contributed by atoms with Crippen LogP contribution in [-0.4, -0.2) is 18.1 Å². The van der Waals surface area contributed by atoms with E-state index in [0.717, 1.165) is 11.1 Å². The summed E-state index contributed by atoms with van der Waals surface area (Å²) in [7, 11) is 1.42. The highest BCUT2D eigenvalue weighted by Crippen LogP contribution is 2.55. The molecule has 1 aromatic heterocycles. The molecule has 4 nitrogen and oxygen atoms in total. The second kappa shape index (κ2) is 7.62. The third-order valence-corrected chi connectivity index (χ3v) is 7.02. The van der Waals surface area contributed by atoms with Gasteiger partial charge in [-0.25, -0.2) is 4.98 Å². The largest absolute Gasteiger partial charge is 0.469 e. The number of nitrogens with zero attached hydrogens (tertiary/aromatic N) is 1. The van der Waals surface area contributed by atoms with Crippen molar-refractivity contribution in [2.24, 2.45) is 5.92 Å². The lowest BCUT2D eigenvalue weighted by Crippen LogP contribution is -2.28. The Labute approximate surface area is 173 Å². The van der Waals surface area contributed by atoms with E-state index in [-0.39, 0.29) is 5.97 Å². The Balaban J connectivity index is 1.93. The van der Waals surface area contributed by atoms with Crippen LogP contribution in [0.1, 0.15) is 99.3 Å². The van der Waals surface area contributed by atoms with Crippen LogP contribution >= 0.6 is 0 Å². The minimum absolute atomic E-state index is 0.226. The molecule has 0 amide bonds. The van der Waals surface area contributed by atoms with Gasteiger partial charge in [-0.15, -0.1) is 0 Å². The van der Waals surface area contributed by atoms with Gasteiger partial charge in [0.05, 0.1) is 13.5 Å². The zero-order chi connectivity index (χ0) is 20.9. The SMILES string of the molecule is COC(=O)CCc1nc2c(C)c3c4c(c2o1)[C@@H](C)CC[C@@H]4[C@@H](C)C[C@H]3C=C(C)C. The van der Waals surface area contributed by atoms with Gasteiger partial charge in [0.25, 0.3) is 0 Å². The zero-order valence-corrected chi connectivity index (χ0v) is 18.6. The van der Waals surface area contributed by atoms with Crippen LogP contribution in [0, 0.1) is 12.8 Å². The molecule has 2 aliphatic rings. The molecule has 0 unspecified atom stereocenters. The van der Waals surface area contributed by atoms with Crippen molar-refractivity contribution in [3.63, 3.8) is 0 Å². The molecule has 1 aromatic carbocycles. The Morgan fingerprint density at radius 1 is 1.21 bits per heavy atom. The van der Waals surface area contributed by atoms with Crippen LogP contribution in [0.3, 0.4) is 0 Å². The number of hydrogen-bond donors (Lipinski definition) is 0. The summed E-state index contributed by atoms with van der Waals surface area (Å²) in [5.74, 6) is 2.63. The maximum atomic E-state index is 11.6. The van der Waals surface area contributed by atoms with Gasteiger partial charge in [0.15, 0.2) is 11.5 Å². The molecule has 156 valence electrons. The molecule has 0 saturated heterocycles. The Morgan fingerprint density at radius 2 is 1.97 bits per heavy atom. The van der Waals surface area contributed by atoms with Gasteiger partial charge in [0, 0.05) is 17.9 Å². The van der Waals surface area contributed by atoms with Gasteiger partial charge < -0.3 is 9.15 Å². The molecule has 0 bridgehead atoms. The smallest absolute Gasteiger partial charge is 0.306 e. The topological polar surface area (TPSA) is 52.3 Å². The molecule has 4 atom stereocenters. The van der Waals surface area contributed by atoms with E-state index in [2.05, 4.69) is 40.7 Å². The van der Waals surface area contributed by atoms with E-state index < -0.39 is 0 Å². The van der Waals surface area contributed by atoms with Gasteiger partial charge in [-0.3, -0.25) is 4.79 Å². The molecule has 29 heavy (non-hydrogen) atoms. The fourth-order valence-corrected chi connectivity index (χ4v) is 5.71. The van der Waals surface area contributed by atoms with Gasteiger partial charge in [0.1, 0.15) is 5.52 Å². The number of rotatable bonds is 4. The van der Waals surface area contributed by atoms with Crippen LogP contribution in [-0.2, 0) is 16.0 Å². The molecular weight excluding hydrogens is 362 g/mol. The minimum Gasteiger partial charge on any atom is -0.469 e. The van der Waals surface area contributed by atoms with E-state index in [1.807, 2.05) is 0 Å². The van der Waals surface area contributed by atoms with Crippen LogP contribution in [0.2, 0.25) is 0 Å². The van der Waals surface area contributed by atoms with Gasteiger partial charge in [-0.1, -0.05) is 25.5 Å². The Kier molecular flexibility index (Phi) is 5.30. The fourth-order valence-electron chi connectivity index (χ4n) is 5.71. The molecular formula is C25H33NO3. The summed E-state index contributed by atoms with van der Waals surface area (Å²) in [6, 6.07) is 0. The normalized spacial score (nSPS) is 25.6. The number of carbonyl (C=O) groups is 1. The Morgan fingerprint density at radius 3 is 2.66 bits per heavy atom. The molecule has 0 radical (unpaired) electrons. The molecule has 0 spiro atoms. The van der Waals surface area contributed by atoms with Gasteiger partial charge in [0.2, 0.25) is 0 Å². The molecule has 1 heterocycles. The molecule has 4 rings (SSSR count). The lowest BCUT2D eigenvalue weighted by atomic mass is 9.62. The number of aryl methyl sites for hydroxylation is 2. The van der Waals surface area contributed by atoms with Crippen LogP contribution in [0.4, 0.5) is 0 Å². The van der Waals surface area contributed by atoms with Gasteiger partial charge in [-0.2, -0.15) is 0 Å². The number of carbonyl (C=O) groups excluding carboxylic acids is 1. The maximum Gasteiger partial charge on any atom is 0.306 e. The maximum absolute atomic E-state index is 11.6. The molecule has 0 aliphatic heterocycles. The molecule has 4 heteroatoms. The van der Waals surface area contributed by atoms with Crippen LogP contribution < -0.4 is 0 Å². The first-order valence-electron chi connectivity index (χ1n) is 11.0. The first-order chi connectivity index (χ1) is 13.8. The summed E-state index contributed by atoms with van der Waals surface area (Å²) >= 11 is 0. The van der Waals surface area contributed by atoms with E-state index in [1.165, 1.54) is 48.6 Å². The van der Waals surface area contributed by atoms with E-state index in [0.29, 0.717) is 42.4 Å². The van der Waals surface area contributed by atoms with Crippen molar-refractivity contribution in [3.05, 3.63) is 39.8 Å². The highest BCUT2D eigenvalue weighted by molar-refractivity contribution is 5.85. The van der Waals surface area contributed by atoms with Gasteiger partial charge >= 0.3 is 5.97 Å². The third kappa shape index (κ3) is 3.41. The monoisotopic (exact) mass is 395 g/mol. The number of oxazole rings is 1. The van der Waals surface area contributed by atoms with Crippen molar-refractivity contribution in [2.75, 3.05) is 7.11 Å². The second-order valence-corrected chi connectivity index (χ2v) is 9.38. The average Bonchev–Trinajstić information content (AvgIpc) is 3.09. The van der Waals surface area contributed by atoms with Crippen molar-refractivity contribution in [3.8, 4) is 0 Å². The van der Waals surface area contributed by atoms with Crippen LogP contribution in [0.25, 0.3) is 11.1 Å². The van der Waals surface area contributed by atoms with E-state index in [1.54, 1.807) is 5.56 Å². The predicted octanol–water partition coefficient (Wildman–Crippen LogP) is 6.31. The van der Waals surface area contributed by atoms with Gasteiger partial charge in [-0.05, 0) is 74.5 Å². The third-order valence-electron chi connectivity index (χ3n) is 7.02. The highest BCUT2D eigenvalue weighted by Gasteiger charge is 2.40. The first-order valence-corrected chi connectivity index (χ1v) is 11.0. The first kappa shape index (κ1) is 20.2. The van der Waals surface area contributed by atoms with Crippen LogP contribution in [0.5, 0.6) is 0 Å². The number of aromatic nitrogens is 1. The number of hydrogen-bond acceptors (Lipinski definition) is 4. The minimum atomic E-state index is -0.226. The summed E-state index contributed by atoms with van der Waals surface area (Å²) in [5, 5.41) is 0. The standard InChI is InChI=1S/C25H33NO3/c1-13(2)11-17-12-15(4)18-8-7-14(3)21-23(18)22(17)16(5)24-25(21)29-19(26-24)9-10-20(27)28-6/h11,14-15,17-18H,7-10,12H2,1-6H3/t14-,15-,17+,18+/m0/s1. The summed E-state index contributed by atoms with van der Waals surface area (Å²) in [6.07, 6.45) is 6.89. The summed E-state index contributed by atoms with van der Waals surface area (Å²) < 4.78 is 11.1. The number of allylic oxidation sites excluding steroid dienone is 2. The summed E-state index contributed by atoms with van der Waals surface area (Å²) in [6.45, 7) is 11.3. The number of benzene rings is 1. The van der Waals surface area contributed by atoms with E-state index in [4.69, 9.17) is 14.1 Å². The van der Waals surface area contributed by atoms with Crippen molar-refractivity contribution >= 4 is 17.1 Å². The molecule has 0 saturated carbocycles. The van der Waals surface area contributed by atoms with Crippen molar-refractivity contribution in [2.45, 2.75) is 84.5 Å². The van der Waals surface area contributed by atoms with Crippen molar-refractivity contribution < 1.29 is 13.9 Å². The molecule has 2 aliphatic carbocycles. The van der Waals surface area contributed by atoms with Crippen molar-refractivity contribution in [1.82, 2.24) is 4.98 Å². The molecule has 2 aromatic rings. The summed E-state index contributed by atoms with van der Waals surface area (Å²) in [5.41, 5.74) is 9.02. The Bertz CT molecular complexity index is 980. The number of esters is 1. The number of methoxy groups -OCH3 is 1. The fraction of sp³-hybridized carbons (Fsp3) is 0.600. The highest BCUT2D eigenvalue weighted by atomic mass is 16.5.